The van der Waals surface area contributed by atoms with Gasteiger partial charge in [0.15, 0.2) is 0 Å². The summed E-state index contributed by atoms with van der Waals surface area (Å²) in [5.74, 6) is 0.142. The molecule has 5 nitrogen and oxygen atoms in total. The molecule has 3 aromatic rings. The predicted molar refractivity (Wildman–Crippen MR) is 115 cm³/mol. The molecule has 1 amide bonds. The first-order valence-electron chi connectivity index (χ1n) is 10.5. The molecular weight excluding hydrogens is 362 g/mol. The number of hydrogen-bond donors (Lipinski definition) is 1. The number of aryl methyl sites for hydroxylation is 2. The first-order valence-corrected chi connectivity index (χ1v) is 10.5. The fourth-order valence-corrected chi connectivity index (χ4v) is 4.14. The SMILES string of the molecule is Cc1cc2occ(CC(=O)N(Cc3ccccn3)C3CCCNCC3)c2cc1C. The minimum atomic E-state index is 0.142. The number of hydrogen-bond acceptors (Lipinski definition) is 4. The van der Waals surface area contributed by atoms with E-state index >= 15 is 0 Å². The number of nitrogens with one attached hydrogen (secondary N) is 1. The van der Waals surface area contributed by atoms with Crippen molar-refractivity contribution >= 4 is 16.9 Å². The lowest BCUT2D eigenvalue weighted by atomic mass is 10.0. The average molecular weight is 392 g/mol. The molecule has 1 aliphatic rings. The maximum atomic E-state index is 13.5. The number of fused-ring (bicyclic) bond motifs is 1. The van der Waals surface area contributed by atoms with E-state index in [4.69, 9.17) is 4.42 Å². The first-order chi connectivity index (χ1) is 14.1. The number of rotatable bonds is 5. The normalized spacial score (nSPS) is 17.2. The third kappa shape index (κ3) is 4.51. The Balaban J connectivity index is 1.59. The molecule has 1 aliphatic heterocycles. The number of amides is 1. The molecule has 3 heterocycles. The van der Waals surface area contributed by atoms with Crippen molar-refractivity contribution in [2.75, 3.05) is 13.1 Å². The fourth-order valence-electron chi connectivity index (χ4n) is 4.14. The second-order valence-electron chi connectivity index (χ2n) is 8.05. The van der Waals surface area contributed by atoms with Gasteiger partial charge in [0.05, 0.1) is 24.9 Å². The Bertz CT molecular complexity index is 972. The molecule has 152 valence electrons. The molecule has 1 fully saturated rings. The van der Waals surface area contributed by atoms with Gasteiger partial charge in [-0.2, -0.15) is 0 Å². The molecule has 2 aromatic heterocycles. The van der Waals surface area contributed by atoms with Gasteiger partial charge in [0, 0.05) is 23.2 Å². The summed E-state index contributed by atoms with van der Waals surface area (Å²) in [6.07, 6.45) is 6.98. The van der Waals surface area contributed by atoms with Gasteiger partial charge < -0.3 is 14.6 Å². The smallest absolute Gasteiger partial charge is 0.227 e. The number of aromatic nitrogens is 1. The maximum Gasteiger partial charge on any atom is 0.227 e. The molecule has 0 aliphatic carbocycles. The predicted octanol–water partition coefficient (Wildman–Crippen LogP) is 4.16. The van der Waals surface area contributed by atoms with Gasteiger partial charge in [-0.05, 0) is 81.6 Å². The molecule has 1 atom stereocenters. The second kappa shape index (κ2) is 8.78. The van der Waals surface area contributed by atoms with E-state index in [9.17, 15) is 4.79 Å². The second-order valence-corrected chi connectivity index (χ2v) is 8.05. The number of pyridine rings is 1. The Morgan fingerprint density at radius 1 is 1.21 bits per heavy atom. The van der Waals surface area contributed by atoms with Crippen LogP contribution in [0.3, 0.4) is 0 Å². The summed E-state index contributed by atoms with van der Waals surface area (Å²) in [6.45, 7) is 6.70. The van der Waals surface area contributed by atoms with Crippen molar-refractivity contribution in [1.82, 2.24) is 15.2 Å². The van der Waals surface area contributed by atoms with Crippen LogP contribution >= 0.6 is 0 Å². The van der Waals surface area contributed by atoms with Crippen molar-refractivity contribution in [1.29, 1.82) is 0 Å². The van der Waals surface area contributed by atoms with E-state index in [1.165, 1.54) is 11.1 Å². The van der Waals surface area contributed by atoms with Crippen LogP contribution < -0.4 is 5.32 Å². The largest absolute Gasteiger partial charge is 0.464 e. The minimum Gasteiger partial charge on any atom is -0.464 e. The van der Waals surface area contributed by atoms with Crippen LogP contribution in [0.5, 0.6) is 0 Å². The van der Waals surface area contributed by atoms with Crippen molar-refractivity contribution < 1.29 is 9.21 Å². The third-order valence-corrected chi connectivity index (χ3v) is 5.98. The van der Waals surface area contributed by atoms with Gasteiger partial charge in [-0.25, -0.2) is 0 Å². The van der Waals surface area contributed by atoms with Crippen LogP contribution in [-0.2, 0) is 17.8 Å². The summed E-state index contributed by atoms with van der Waals surface area (Å²) in [5, 5.41) is 4.49. The number of nitrogens with zero attached hydrogens (tertiary/aromatic N) is 2. The van der Waals surface area contributed by atoms with E-state index in [1.807, 2.05) is 23.1 Å². The molecular formula is C24H29N3O2. The summed E-state index contributed by atoms with van der Waals surface area (Å²) in [4.78, 5) is 20.0. The van der Waals surface area contributed by atoms with E-state index in [-0.39, 0.29) is 11.9 Å². The van der Waals surface area contributed by atoms with Gasteiger partial charge in [0.2, 0.25) is 5.91 Å². The molecule has 1 unspecified atom stereocenters. The molecule has 0 bridgehead atoms. The molecule has 0 radical (unpaired) electrons. The summed E-state index contributed by atoms with van der Waals surface area (Å²) in [6, 6.07) is 10.3. The summed E-state index contributed by atoms with van der Waals surface area (Å²) < 4.78 is 5.76. The van der Waals surface area contributed by atoms with E-state index in [0.717, 1.165) is 54.6 Å². The van der Waals surface area contributed by atoms with Crippen LogP contribution in [0.1, 0.15) is 41.6 Å². The number of carbonyl (C=O) groups is 1. The lowest BCUT2D eigenvalue weighted by Gasteiger charge is -2.31. The van der Waals surface area contributed by atoms with Gasteiger partial charge in [-0.3, -0.25) is 9.78 Å². The van der Waals surface area contributed by atoms with Crippen molar-refractivity contribution in [3.05, 3.63) is 65.2 Å². The first kappa shape index (κ1) is 19.6. The Labute approximate surface area is 172 Å². The standard InChI is InChI=1S/C24H29N3O2/c1-17-12-22-19(16-29-23(22)13-18(17)2)14-24(28)27(15-20-6-3-4-10-26-20)21-7-5-9-25-11-8-21/h3-4,6,10,12-13,16,21,25H,5,7-9,11,14-15H2,1-2H3. The van der Waals surface area contributed by atoms with E-state index < -0.39 is 0 Å². The zero-order chi connectivity index (χ0) is 20.2. The van der Waals surface area contributed by atoms with Gasteiger partial charge in [0.25, 0.3) is 0 Å². The van der Waals surface area contributed by atoms with Gasteiger partial charge in [-0.15, -0.1) is 0 Å². The minimum absolute atomic E-state index is 0.142. The molecule has 4 rings (SSSR count). The molecule has 1 saturated heterocycles. The monoisotopic (exact) mass is 391 g/mol. The lowest BCUT2D eigenvalue weighted by molar-refractivity contribution is -0.133. The van der Waals surface area contributed by atoms with Crippen molar-refractivity contribution in [3.8, 4) is 0 Å². The van der Waals surface area contributed by atoms with Crippen LogP contribution in [0.2, 0.25) is 0 Å². The van der Waals surface area contributed by atoms with Crippen LogP contribution in [0.15, 0.2) is 47.2 Å². The molecule has 1 aromatic carbocycles. The summed E-state index contributed by atoms with van der Waals surface area (Å²) >= 11 is 0. The number of furan rings is 1. The van der Waals surface area contributed by atoms with Crippen molar-refractivity contribution in [2.45, 2.75) is 52.1 Å². The number of carbonyl (C=O) groups excluding carboxylic acids is 1. The zero-order valence-corrected chi connectivity index (χ0v) is 17.3. The Morgan fingerprint density at radius 3 is 2.90 bits per heavy atom. The zero-order valence-electron chi connectivity index (χ0n) is 17.3. The fraction of sp³-hybridized carbons (Fsp3) is 0.417. The molecule has 5 heteroatoms. The van der Waals surface area contributed by atoms with Crippen LogP contribution in [0, 0.1) is 13.8 Å². The highest BCUT2D eigenvalue weighted by molar-refractivity contribution is 5.88. The van der Waals surface area contributed by atoms with Crippen molar-refractivity contribution in [2.24, 2.45) is 0 Å². The molecule has 0 spiro atoms. The van der Waals surface area contributed by atoms with Crippen molar-refractivity contribution in [3.63, 3.8) is 0 Å². The highest BCUT2D eigenvalue weighted by Crippen LogP contribution is 2.26. The summed E-state index contributed by atoms with van der Waals surface area (Å²) in [7, 11) is 0. The molecule has 1 N–H and O–H groups in total. The highest BCUT2D eigenvalue weighted by atomic mass is 16.3. The quantitative estimate of drug-likeness (QED) is 0.710. The Hall–Kier alpha value is -2.66. The Kier molecular flexibility index (Phi) is 5.95. The van der Waals surface area contributed by atoms with E-state index in [0.29, 0.717) is 13.0 Å². The molecule has 0 saturated carbocycles. The lowest BCUT2D eigenvalue weighted by Crippen LogP contribution is -2.41. The maximum absolute atomic E-state index is 13.5. The van der Waals surface area contributed by atoms with Crippen LogP contribution in [0.25, 0.3) is 11.0 Å². The van der Waals surface area contributed by atoms with E-state index in [2.05, 4.69) is 36.3 Å². The summed E-state index contributed by atoms with van der Waals surface area (Å²) in [5.41, 5.74) is 5.17. The van der Waals surface area contributed by atoms with Gasteiger partial charge >= 0.3 is 0 Å². The van der Waals surface area contributed by atoms with Crippen LogP contribution in [0.4, 0.5) is 0 Å². The third-order valence-electron chi connectivity index (χ3n) is 5.98. The molecule has 29 heavy (non-hydrogen) atoms. The van der Waals surface area contributed by atoms with Gasteiger partial charge in [-0.1, -0.05) is 6.07 Å². The topological polar surface area (TPSA) is 58.4 Å². The highest BCUT2D eigenvalue weighted by Gasteiger charge is 2.26. The Morgan fingerprint density at radius 2 is 2.07 bits per heavy atom. The average Bonchev–Trinajstić information content (AvgIpc) is 2.93. The van der Waals surface area contributed by atoms with Crippen LogP contribution in [-0.4, -0.2) is 34.9 Å². The van der Waals surface area contributed by atoms with Gasteiger partial charge in [0.1, 0.15) is 5.58 Å². The van der Waals surface area contributed by atoms with E-state index in [1.54, 1.807) is 12.5 Å². The number of benzene rings is 1.